The first-order chi connectivity index (χ1) is 11.2. The maximum Gasteiger partial charge on any atom is 0.320 e. The number of urea groups is 1. The van der Waals surface area contributed by atoms with Gasteiger partial charge in [0.2, 0.25) is 0 Å². The molecule has 23 heavy (non-hydrogen) atoms. The predicted octanol–water partition coefficient (Wildman–Crippen LogP) is 2.08. The van der Waals surface area contributed by atoms with Gasteiger partial charge < -0.3 is 24.0 Å². The molecule has 1 aromatic rings. The van der Waals surface area contributed by atoms with Gasteiger partial charge >= 0.3 is 6.03 Å². The number of methoxy groups -OCH3 is 2. The number of benzene rings is 1. The molecule has 0 radical (unpaired) electrons. The van der Waals surface area contributed by atoms with E-state index in [0.29, 0.717) is 32.1 Å². The molecule has 0 N–H and O–H groups in total. The second kappa shape index (κ2) is 6.66. The summed E-state index contributed by atoms with van der Waals surface area (Å²) in [6.07, 6.45) is 0.829. The van der Waals surface area contributed by atoms with Crippen molar-refractivity contribution < 1.29 is 19.0 Å². The zero-order valence-electron chi connectivity index (χ0n) is 14.0. The van der Waals surface area contributed by atoms with Crippen LogP contribution in [0.4, 0.5) is 4.79 Å². The van der Waals surface area contributed by atoms with Gasteiger partial charge in [0.05, 0.1) is 33.5 Å². The van der Waals surface area contributed by atoms with Gasteiger partial charge in [0.25, 0.3) is 0 Å². The number of hydrogen-bond acceptors (Lipinski definition) is 4. The molecule has 6 nitrogen and oxygen atoms in total. The van der Waals surface area contributed by atoms with Crippen molar-refractivity contribution in [3.63, 3.8) is 0 Å². The van der Waals surface area contributed by atoms with E-state index in [0.717, 1.165) is 24.3 Å². The monoisotopic (exact) mass is 320 g/mol. The van der Waals surface area contributed by atoms with E-state index in [-0.39, 0.29) is 12.1 Å². The molecule has 126 valence electrons. The van der Waals surface area contributed by atoms with E-state index in [1.807, 2.05) is 21.9 Å². The van der Waals surface area contributed by atoms with Crippen LogP contribution in [-0.4, -0.2) is 62.9 Å². The summed E-state index contributed by atoms with van der Waals surface area (Å²) in [6, 6.07) is 4.15. The highest BCUT2D eigenvalue weighted by atomic mass is 16.5. The van der Waals surface area contributed by atoms with Crippen molar-refractivity contribution in [2.24, 2.45) is 0 Å². The third kappa shape index (κ3) is 2.95. The third-order valence-electron chi connectivity index (χ3n) is 4.71. The first-order valence-electron chi connectivity index (χ1n) is 8.03. The van der Waals surface area contributed by atoms with Crippen molar-refractivity contribution in [3.05, 3.63) is 23.3 Å². The van der Waals surface area contributed by atoms with Crippen LogP contribution in [0.5, 0.6) is 11.5 Å². The maximum absolute atomic E-state index is 12.8. The number of nitrogens with zero attached hydrogens (tertiary/aromatic N) is 2. The van der Waals surface area contributed by atoms with E-state index < -0.39 is 0 Å². The van der Waals surface area contributed by atoms with E-state index in [1.165, 1.54) is 5.56 Å². The summed E-state index contributed by atoms with van der Waals surface area (Å²) in [5.74, 6) is 1.45. The molecule has 0 unspecified atom stereocenters. The lowest BCUT2D eigenvalue weighted by molar-refractivity contribution is 0.0390. The van der Waals surface area contributed by atoms with Gasteiger partial charge in [0, 0.05) is 19.6 Å². The largest absolute Gasteiger partial charge is 0.493 e. The number of amides is 2. The smallest absolute Gasteiger partial charge is 0.320 e. The highest BCUT2D eigenvalue weighted by Gasteiger charge is 2.32. The molecule has 3 rings (SSSR count). The molecule has 0 bridgehead atoms. The average Bonchev–Trinajstić information content (AvgIpc) is 2.61. The minimum atomic E-state index is 0.0221. The van der Waals surface area contributed by atoms with Gasteiger partial charge in [-0.05, 0) is 36.6 Å². The number of fused-ring (bicyclic) bond motifs is 1. The first kappa shape index (κ1) is 15.9. The summed E-state index contributed by atoms with van der Waals surface area (Å²) in [5, 5.41) is 0. The molecule has 1 atom stereocenters. The molecular weight excluding hydrogens is 296 g/mol. The maximum atomic E-state index is 12.8. The molecule has 6 heteroatoms. The van der Waals surface area contributed by atoms with Crippen molar-refractivity contribution in [3.8, 4) is 11.5 Å². The Balaban J connectivity index is 1.84. The number of ether oxygens (including phenoxy) is 3. The van der Waals surface area contributed by atoms with Gasteiger partial charge in [0.1, 0.15) is 0 Å². The topological polar surface area (TPSA) is 51.2 Å². The fourth-order valence-corrected chi connectivity index (χ4v) is 3.34. The summed E-state index contributed by atoms with van der Waals surface area (Å²) in [7, 11) is 3.28. The van der Waals surface area contributed by atoms with Crippen molar-refractivity contribution in [1.82, 2.24) is 9.80 Å². The lowest BCUT2D eigenvalue weighted by atomic mass is 9.93. The van der Waals surface area contributed by atoms with Crippen LogP contribution >= 0.6 is 0 Å². The number of carbonyl (C=O) groups is 1. The van der Waals surface area contributed by atoms with Gasteiger partial charge in [0.15, 0.2) is 11.5 Å². The number of morpholine rings is 1. The lowest BCUT2D eigenvalue weighted by Gasteiger charge is -2.39. The third-order valence-corrected chi connectivity index (χ3v) is 4.71. The van der Waals surface area contributed by atoms with E-state index in [1.54, 1.807) is 14.2 Å². The van der Waals surface area contributed by atoms with Crippen molar-refractivity contribution in [2.75, 3.05) is 47.1 Å². The standard InChI is InChI=1S/C17H24N2O4/c1-12-14-11-16(22-3)15(21-2)10-13(14)4-5-19(12)17(20)18-6-8-23-9-7-18/h10-12H,4-9H2,1-3H3/t12-/m1/s1. The van der Waals surface area contributed by atoms with Crippen molar-refractivity contribution in [2.45, 2.75) is 19.4 Å². The zero-order valence-corrected chi connectivity index (χ0v) is 14.0. The molecular formula is C17H24N2O4. The molecule has 2 heterocycles. The molecule has 2 amide bonds. The molecule has 0 aromatic heterocycles. The van der Waals surface area contributed by atoms with E-state index >= 15 is 0 Å². The molecule has 1 fully saturated rings. The van der Waals surface area contributed by atoms with Crippen LogP contribution in [0.2, 0.25) is 0 Å². The SMILES string of the molecule is COc1cc2c(cc1OC)[C@@H](C)N(C(=O)N1CCOCC1)CC2. The molecule has 1 saturated heterocycles. The fourth-order valence-electron chi connectivity index (χ4n) is 3.34. The zero-order chi connectivity index (χ0) is 16.4. The van der Waals surface area contributed by atoms with Crippen LogP contribution in [0, 0.1) is 0 Å². The van der Waals surface area contributed by atoms with Crippen LogP contribution in [0.25, 0.3) is 0 Å². The second-order valence-electron chi connectivity index (χ2n) is 5.91. The minimum absolute atomic E-state index is 0.0221. The summed E-state index contributed by atoms with van der Waals surface area (Å²) in [5.41, 5.74) is 2.36. The minimum Gasteiger partial charge on any atom is -0.493 e. The molecule has 0 aliphatic carbocycles. The van der Waals surface area contributed by atoms with Crippen LogP contribution in [-0.2, 0) is 11.2 Å². The number of carbonyl (C=O) groups excluding carboxylic acids is 1. The molecule has 0 spiro atoms. The van der Waals surface area contributed by atoms with E-state index in [2.05, 4.69) is 6.92 Å². The summed E-state index contributed by atoms with van der Waals surface area (Å²) < 4.78 is 16.1. The van der Waals surface area contributed by atoms with Gasteiger partial charge in [-0.25, -0.2) is 4.79 Å². The molecule has 0 saturated carbocycles. The summed E-state index contributed by atoms with van der Waals surface area (Å²) >= 11 is 0. The average molecular weight is 320 g/mol. The Labute approximate surface area is 136 Å². The molecule has 1 aromatic carbocycles. The van der Waals surface area contributed by atoms with Crippen molar-refractivity contribution in [1.29, 1.82) is 0 Å². The molecule has 2 aliphatic heterocycles. The van der Waals surface area contributed by atoms with Crippen molar-refractivity contribution >= 4 is 6.03 Å². The highest BCUT2D eigenvalue weighted by Crippen LogP contribution is 2.38. The van der Waals surface area contributed by atoms with Gasteiger partial charge in [-0.15, -0.1) is 0 Å². The Morgan fingerprint density at radius 3 is 2.43 bits per heavy atom. The summed E-state index contributed by atoms with van der Waals surface area (Å²) in [4.78, 5) is 16.6. The first-order valence-corrected chi connectivity index (χ1v) is 8.03. The second-order valence-corrected chi connectivity index (χ2v) is 5.91. The Hall–Kier alpha value is -1.95. The Kier molecular flexibility index (Phi) is 4.61. The van der Waals surface area contributed by atoms with Crippen LogP contribution in [0.3, 0.4) is 0 Å². The number of hydrogen-bond donors (Lipinski definition) is 0. The van der Waals surface area contributed by atoms with E-state index in [4.69, 9.17) is 14.2 Å². The Morgan fingerprint density at radius 2 is 1.78 bits per heavy atom. The predicted molar refractivity (Wildman–Crippen MR) is 86.2 cm³/mol. The van der Waals surface area contributed by atoms with Crippen LogP contribution < -0.4 is 9.47 Å². The molecule has 2 aliphatic rings. The van der Waals surface area contributed by atoms with Gasteiger partial charge in [-0.2, -0.15) is 0 Å². The van der Waals surface area contributed by atoms with Crippen LogP contribution in [0.15, 0.2) is 12.1 Å². The Morgan fingerprint density at radius 1 is 1.13 bits per heavy atom. The quantitative estimate of drug-likeness (QED) is 0.837. The number of rotatable bonds is 2. The highest BCUT2D eigenvalue weighted by molar-refractivity contribution is 5.75. The lowest BCUT2D eigenvalue weighted by Crippen LogP contribution is -2.50. The Bertz CT molecular complexity index is 584. The van der Waals surface area contributed by atoms with Crippen LogP contribution in [0.1, 0.15) is 24.1 Å². The normalized spacial score (nSPS) is 20.9. The fraction of sp³-hybridized carbons (Fsp3) is 0.588. The van der Waals surface area contributed by atoms with E-state index in [9.17, 15) is 4.79 Å². The van der Waals surface area contributed by atoms with Gasteiger partial charge in [-0.3, -0.25) is 0 Å². The summed E-state index contributed by atoms with van der Waals surface area (Å²) in [6.45, 7) is 5.37. The van der Waals surface area contributed by atoms with Gasteiger partial charge in [-0.1, -0.05) is 0 Å².